The van der Waals surface area contributed by atoms with Crippen LogP contribution < -0.4 is 0 Å². The monoisotopic (exact) mass is 371 g/mol. The molecule has 2 fully saturated rings. The molecular weight excluding hydrogens is 342 g/mol. The highest BCUT2D eigenvalue weighted by Gasteiger charge is 2.58. The Kier molecular flexibility index (Phi) is 6.08. The summed E-state index contributed by atoms with van der Waals surface area (Å²) in [6.45, 7) is 9.29. The Bertz CT molecular complexity index is 530. The minimum Gasteiger partial charge on any atom is -0.467 e. The summed E-state index contributed by atoms with van der Waals surface area (Å²) in [6, 6.07) is -0.723. The molecule has 0 N–H and O–H groups in total. The molecule has 1 heterocycles. The molecule has 5 nitrogen and oxygen atoms in total. The minimum atomic E-state index is -0.626. The van der Waals surface area contributed by atoms with E-state index in [1.165, 1.54) is 7.11 Å². The average molecular weight is 372 g/mol. The average Bonchev–Trinajstić information content (AvgIpc) is 2.85. The number of hydrogen-bond acceptors (Lipinski definition) is 4. The Balaban J connectivity index is 2.38. The highest BCUT2D eigenvalue weighted by molar-refractivity contribution is 6.20. The normalized spacial score (nSPS) is 32.0. The van der Waals surface area contributed by atoms with Crippen molar-refractivity contribution in [3.05, 3.63) is 12.7 Å². The summed E-state index contributed by atoms with van der Waals surface area (Å²) in [5.41, 5.74) is -0.755. The number of carbonyl (C=O) groups is 2. The first-order valence-corrected chi connectivity index (χ1v) is 9.41. The lowest BCUT2D eigenvalue weighted by Crippen LogP contribution is -2.51. The third kappa shape index (κ3) is 4.30. The number of alkyl halides is 1. The number of carbonyl (C=O) groups excluding carboxylic acids is 2. The Morgan fingerprint density at radius 1 is 1.40 bits per heavy atom. The first-order chi connectivity index (χ1) is 11.6. The quantitative estimate of drug-likeness (QED) is 0.420. The molecule has 25 heavy (non-hydrogen) atoms. The van der Waals surface area contributed by atoms with Gasteiger partial charge in [0.15, 0.2) is 0 Å². The van der Waals surface area contributed by atoms with Crippen LogP contribution in [0.25, 0.3) is 0 Å². The van der Waals surface area contributed by atoms with Crippen molar-refractivity contribution in [3.8, 4) is 0 Å². The first kappa shape index (κ1) is 20.1. The van der Waals surface area contributed by atoms with Gasteiger partial charge in [0, 0.05) is 11.4 Å². The van der Waals surface area contributed by atoms with Crippen LogP contribution in [0.3, 0.4) is 0 Å². The van der Waals surface area contributed by atoms with E-state index in [-0.39, 0.29) is 22.8 Å². The fourth-order valence-electron chi connectivity index (χ4n) is 4.25. The number of halogens is 1. The number of ether oxygens (including phenoxy) is 2. The molecule has 1 aliphatic heterocycles. The fraction of sp³-hybridized carbons (Fsp3) is 0.789. The van der Waals surface area contributed by atoms with Crippen LogP contribution in [0.4, 0.5) is 4.79 Å². The summed E-state index contributed by atoms with van der Waals surface area (Å²) >= 11 is 6.43. The molecule has 1 amide bonds. The van der Waals surface area contributed by atoms with E-state index in [1.54, 1.807) is 4.90 Å². The van der Waals surface area contributed by atoms with Crippen molar-refractivity contribution in [1.29, 1.82) is 0 Å². The van der Waals surface area contributed by atoms with Crippen LogP contribution in [0.5, 0.6) is 0 Å². The van der Waals surface area contributed by atoms with Crippen LogP contribution >= 0.6 is 11.6 Å². The van der Waals surface area contributed by atoms with Crippen molar-refractivity contribution in [2.24, 2.45) is 5.41 Å². The molecule has 0 radical (unpaired) electrons. The van der Waals surface area contributed by atoms with Gasteiger partial charge in [-0.25, -0.2) is 9.59 Å². The van der Waals surface area contributed by atoms with Crippen molar-refractivity contribution in [3.63, 3.8) is 0 Å². The van der Waals surface area contributed by atoms with E-state index in [0.29, 0.717) is 12.8 Å². The second kappa shape index (κ2) is 7.56. The van der Waals surface area contributed by atoms with Gasteiger partial charge in [-0.05, 0) is 64.7 Å². The molecule has 1 saturated heterocycles. The number of methoxy groups -OCH3 is 1. The van der Waals surface area contributed by atoms with E-state index in [2.05, 4.69) is 6.58 Å². The molecule has 0 bridgehead atoms. The Labute approximate surface area is 155 Å². The number of amides is 1. The fourth-order valence-corrected chi connectivity index (χ4v) is 4.53. The molecule has 0 aromatic rings. The molecule has 2 rings (SSSR count). The molecule has 0 spiro atoms. The highest BCUT2D eigenvalue weighted by Crippen LogP contribution is 2.53. The largest absolute Gasteiger partial charge is 0.467 e. The van der Waals surface area contributed by atoms with E-state index in [1.807, 2.05) is 26.8 Å². The van der Waals surface area contributed by atoms with Crippen molar-refractivity contribution < 1.29 is 19.1 Å². The molecule has 1 aliphatic carbocycles. The van der Waals surface area contributed by atoms with Crippen LogP contribution in [0.2, 0.25) is 0 Å². The van der Waals surface area contributed by atoms with Crippen LogP contribution in [0, 0.1) is 5.41 Å². The van der Waals surface area contributed by atoms with E-state index in [4.69, 9.17) is 21.1 Å². The molecule has 4 atom stereocenters. The Morgan fingerprint density at radius 2 is 2.08 bits per heavy atom. The maximum absolute atomic E-state index is 12.9. The van der Waals surface area contributed by atoms with E-state index in [9.17, 15) is 9.59 Å². The van der Waals surface area contributed by atoms with Gasteiger partial charge in [0.05, 0.1) is 7.11 Å². The van der Waals surface area contributed by atoms with Gasteiger partial charge in [0.1, 0.15) is 11.6 Å². The zero-order chi connectivity index (χ0) is 18.8. The number of esters is 1. The molecular formula is C19H30ClNO4. The summed E-state index contributed by atoms with van der Waals surface area (Å²) in [6.07, 6.45) is 6.22. The van der Waals surface area contributed by atoms with Crippen molar-refractivity contribution in [2.45, 2.75) is 82.4 Å². The zero-order valence-corrected chi connectivity index (χ0v) is 16.5. The van der Waals surface area contributed by atoms with Crippen molar-refractivity contribution in [2.75, 3.05) is 7.11 Å². The van der Waals surface area contributed by atoms with Crippen LogP contribution in [0.15, 0.2) is 12.7 Å². The first-order valence-electron chi connectivity index (χ1n) is 8.97. The van der Waals surface area contributed by atoms with Crippen LogP contribution in [-0.4, -0.2) is 47.1 Å². The Hall–Kier alpha value is -1.23. The van der Waals surface area contributed by atoms with Gasteiger partial charge in [0.2, 0.25) is 0 Å². The van der Waals surface area contributed by atoms with Crippen molar-refractivity contribution >= 4 is 23.7 Å². The number of hydrogen-bond donors (Lipinski definition) is 0. The Morgan fingerprint density at radius 3 is 2.64 bits per heavy atom. The summed E-state index contributed by atoms with van der Waals surface area (Å²) < 4.78 is 10.6. The maximum Gasteiger partial charge on any atom is 0.411 e. The number of rotatable bonds is 4. The molecule has 2 aliphatic rings. The van der Waals surface area contributed by atoms with Crippen LogP contribution in [-0.2, 0) is 14.3 Å². The number of nitrogens with zero attached hydrogens (tertiary/aromatic N) is 1. The molecule has 0 unspecified atom stereocenters. The second-order valence-corrected chi connectivity index (χ2v) is 8.83. The standard InChI is InChI=1S/C19H30ClNO4/c1-6-7-9-19-10-8-13(20)11-15(19)21(14(12-19)16(22)24-5)17(23)25-18(2,3)4/h6,13-15H,1,7-12H2,2-5H3/t13-,14-,15-,19-/m0/s1. The molecule has 142 valence electrons. The SMILES string of the molecule is C=CCC[C@@]12CC[C@H](Cl)C[C@@H]1N(C(=O)OC(C)(C)C)[C@H](C(=O)OC)C2. The van der Waals surface area contributed by atoms with Gasteiger partial charge in [0.25, 0.3) is 0 Å². The number of fused-ring (bicyclic) bond motifs is 1. The third-order valence-corrected chi connectivity index (χ3v) is 5.73. The predicted molar refractivity (Wildman–Crippen MR) is 97.6 cm³/mol. The maximum atomic E-state index is 12.9. The molecule has 0 aromatic heterocycles. The van der Waals surface area contributed by atoms with E-state index in [0.717, 1.165) is 25.7 Å². The van der Waals surface area contributed by atoms with Gasteiger partial charge in [-0.1, -0.05) is 6.08 Å². The topological polar surface area (TPSA) is 55.8 Å². The third-order valence-electron chi connectivity index (χ3n) is 5.34. The lowest BCUT2D eigenvalue weighted by atomic mass is 9.67. The number of allylic oxidation sites excluding steroid dienone is 1. The minimum absolute atomic E-state index is 0.00295. The van der Waals surface area contributed by atoms with Gasteiger partial charge in [-0.15, -0.1) is 18.2 Å². The van der Waals surface area contributed by atoms with Gasteiger partial charge < -0.3 is 9.47 Å². The van der Waals surface area contributed by atoms with E-state index < -0.39 is 17.7 Å². The lowest BCUT2D eigenvalue weighted by Gasteiger charge is -2.43. The number of likely N-dealkylation sites (tertiary alicyclic amines) is 1. The van der Waals surface area contributed by atoms with Gasteiger partial charge in [-0.2, -0.15) is 0 Å². The van der Waals surface area contributed by atoms with Gasteiger partial charge >= 0.3 is 12.1 Å². The molecule has 6 heteroatoms. The molecule has 0 aromatic carbocycles. The lowest BCUT2D eigenvalue weighted by molar-refractivity contribution is -0.146. The summed E-state index contributed by atoms with van der Waals surface area (Å²) in [4.78, 5) is 26.9. The summed E-state index contributed by atoms with van der Waals surface area (Å²) in [5, 5.41) is 0.00295. The zero-order valence-electron chi connectivity index (χ0n) is 15.7. The smallest absolute Gasteiger partial charge is 0.411 e. The van der Waals surface area contributed by atoms with Crippen LogP contribution in [0.1, 0.15) is 59.3 Å². The summed E-state index contributed by atoms with van der Waals surface area (Å²) in [5.74, 6) is -0.385. The van der Waals surface area contributed by atoms with Gasteiger partial charge in [-0.3, -0.25) is 4.90 Å². The van der Waals surface area contributed by atoms with E-state index >= 15 is 0 Å². The highest BCUT2D eigenvalue weighted by atomic mass is 35.5. The summed E-state index contributed by atoms with van der Waals surface area (Å²) in [7, 11) is 1.36. The molecule has 1 saturated carbocycles. The van der Waals surface area contributed by atoms with Crippen molar-refractivity contribution in [1.82, 2.24) is 4.90 Å². The predicted octanol–water partition coefficient (Wildman–Crippen LogP) is 4.28. The second-order valence-electron chi connectivity index (χ2n) is 8.21.